The number of hydrogen-bond donors (Lipinski definition) is 1. The van der Waals surface area contributed by atoms with Crippen LogP contribution < -0.4 is 5.32 Å². The summed E-state index contributed by atoms with van der Waals surface area (Å²) in [6, 6.07) is 1.63. The second kappa shape index (κ2) is 6.80. The van der Waals surface area contributed by atoms with Crippen molar-refractivity contribution in [3.63, 3.8) is 0 Å². The second-order valence-electron chi connectivity index (χ2n) is 9.77. The van der Waals surface area contributed by atoms with Crippen LogP contribution in [-0.4, -0.2) is 22.6 Å². The van der Waals surface area contributed by atoms with E-state index in [1.54, 1.807) is 0 Å². The average molecular weight is 350 g/mol. The average Bonchev–Trinajstić information content (AvgIpc) is 3.01. The Balaban J connectivity index is 1.59. The highest BCUT2D eigenvalue weighted by molar-refractivity contribution is 8.00. The van der Waals surface area contributed by atoms with Gasteiger partial charge in [-0.25, -0.2) is 0 Å². The van der Waals surface area contributed by atoms with Crippen molar-refractivity contribution in [2.75, 3.05) is 0 Å². The van der Waals surface area contributed by atoms with Crippen LogP contribution in [0.5, 0.6) is 0 Å². The molecule has 4 aliphatic rings. The van der Waals surface area contributed by atoms with Crippen LogP contribution in [0.15, 0.2) is 0 Å². The number of thioether (sulfide) groups is 1. The van der Waals surface area contributed by atoms with Gasteiger partial charge >= 0.3 is 0 Å². The Hall–Kier alpha value is 0.310. The molecule has 2 saturated carbocycles. The Morgan fingerprint density at radius 1 is 0.875 bits per heavy atom. The zero-order valence-electron chi connectivity index (χ0n) is 16.5. The van der Waals surface area contributed by atoms with E-state index in [2.05, 4.69) is 51.7 Å². The van der Waals surface area contributed by atoms with Crippen LogP contribution in [0.25, 0.3) is 0 Å². The topological polar surface area (TPSA) is 12.0 Å². The molecule has 2 aliphatic heterocycles. The van der Waals surface area contributed by atoms with Crippen LogP contribution in [-0.2, 0) is 0 Å². The van der Waals surface area contributed by atoms with E-state index in [9.17, 15) is 0 Å². The number of rotatable bonds is 2. The Morgan fingerprint density at radius 3 is 2.38 bits per heavy atom. The third-order valence-electron chi connectivity index (χ3n) is 8.90. The van der Waals surface area contributed by atoms with Crippen LogP contribution in [0.2, 0.25) is 0 Å². The summed E-state index contributed by atoms with van der Waals surface area (Å²) >= 11 is 2.37. The Labute approximate surface area is 154 Å². The minimum Gasteiger partial charge on any atom is -0.311 e. The van der Waals surface area contributed by atoms with Gasteiger partial charge in [-0.05, 0) is 73.5 Å². The molecule has 2 aliphatic carbocycles. The van der Waals surface area contributed by atoms with Gasteiger partial charge in [0.1, 0.15) is 0 Å². The lowest BCUT2D eigenvalue weighted by atomic mass is 9.65. The van der Waals surface area contributed by atoms with E-state index in [1.807, 2.05) is 0 Å². The molecule has 0 aromatic carbocycles. The van der Waals surface area contributed by atoms with Gasteiger partial charge in [0.15, 0.2) is 0 Å². The van der Waals surface area contributed by atoms with E-state index < -0.39 is 0 Å². The molecule has 0 bridgehead atoms. The third kappa shape index (κ3) is 2.70. The Kier molecular flexibility index (Phi) is 5.02. The molecule has 2 heterocycles. The molecule has 2 heteroatoms. The first kappa shape index (κ1) is 17.7. The first-order chi connectivity index (χ1) is 11.5. The van der Waals surface area contributed by atoms with E-state index in [0.717, 1.165) is 64.0 Å². The summed E-state index contributed by atoms with van der Waals surface area (Å²) in [5, 5.41) is 5.99. The van der Waals surface area contributed by atoms with Gasteiger partial charge in [0.2, 0.25) is 0 Å². The van der Waals surface area contributed by atoms with Crippen molar-refractivity contribution < 1.29 is 0 Å². The SMILES string of the molecule is CCC1CCC2CCCC(C3C(C)C(C)C4C(C)C(C)SC43)C2N1. The molecule has 4 rings (SSSR count). The van der Waals surface area contributed by atoms with Crippen molar-refractivity contribution >= 4 is 11.8 Å². The minimum atomic E-state index is 0.797. The maximum atomic E-state index is 4.16. The molecule has 1 N–H and O–H groups in total. The van der Waals surface area contributed by atoms with E-state index in [4.69, 9.17) is 0 Å². The van der Waals surface area contributed by atoms with Crippen LogP contribution in [0.4, 0.5) is 0 Å². The number of piperidine rings is 1. The maximum Gasteiger partial charge on any atom is 0.0129 e. The van der Waals surface area contributed by atoms with Gasteiger partial charge in [-0.2, -0.15) is 11.8 Å². The van der Waals surface area contributed by atoms with Gasteiger partial charge in [-0.15, -0.1) is 0 Å². The lowest BCUT2D eigenvalue weighted by Crippen LogP contribution is -2.55. The molecule has 0 amide bonds. The second-order valence-corrected chi connectivity index (χ2v) is 11.3. The largest absolute Gasteiger partial charge is 0.311 e. The van der Waals surface area contributed by atoms with E-state index >= 15 is 0 Å². The molecular formula is C22H39NS. The molecule has 138 valence electrons. The Morgan fingerprint density at radius 2 is 1.62 bits per heavy atom. The lowest BCUT2D eigenvalue weighted by molar-refractivity contribution is 0.0697. The van der Waals surface area contributed by atoms with Crippen molar-refractivity contribution in [3.8, 4) is 0 Å². The molecule has 11 atom stereocenters. The molecule has 1 nitrogen and oxygen atoms in total. The van der Waals surface area contributed by atoms with Gasteiger partial charge in [0.25, 0.3) is 0 Å². The van der Waals surface area contributed by atoms with Crippen LogP contribution >= 0.6 is 11.8 Å². The molecule has 0 aromatic rings. The third-order valence-corrected chi connectivity index (χ3v) is 10.7. The molecule has 0 radical (unpaired) electrons. The Bertz CT molecular complexity index is 451. The van der Waals surface area contributed by atoms with Gasteiger partial charge in [-0.3, -0.25) is 0 Å². The van der Waals surface area contributed by atoms with Crippen molar-refractivity contribution in [2.45, 2.75) is 95.7 Å². The number of fused-ring (bicyclic) bond motifs is 2. The summed E-state index contributed by atoms with van der Waals surface area (Å²) in [5.74, 6) is 6.66. The minimum absolute atomic E-state index is 0.797. The van der Waals surface area contributed by atoms with E-state index in [-0.39, 0.29) is 0 Å². The standard InChI is InChI=1S/C22H39NS/c1-6-17-11-10-16-8-7-9-18(21(16)23-17)20-13(3)12(2)19-14(4)15(5)24-22(19)20/h12-23H,6-11H2,1-5H3. The molecule has 4 fully saturated rings. The highest BCUT2D eigenvalue weighted by Crippen LogP contribution is 2.61. The molecule has 0 spiro atoms. The fraction of sp³-hybridized carbons (Fsp3) is 1.00. The van der Waals surface area contributed by atoms with Crippen molar-refractivity contribution in [1.82, 2.24) is 5.32 Å². The summed E-state index contributed by atoms with van der Waals surface area (Å²) < 4.78 is 0. The molecule has 24 heavy (non-hydrogen) atoms. The molecule has 0 aromatic heterocycles. The number of hydrogen-bond acceptors (Lipinski definition) is 2. The normalized spacial score (nSPS) is 57.6. The summed E-state index contributed by atoms with van der Waals surface area (Å²) in [6.07, 6.45) is 8.73. The van der Waals surface area contributed by atoms with E-state index in [0.29, 0.717) is 0 Å². The van der Waals surface area contributed by atoms with Crippen molar-refractivity contribution in [3.05, 3.63) is 0 Å². The predicted octanol–water partition coefficient (Wildman–Crippen LogP) is 5.59. The lowest BCUT2D eigenvalue weighted by Gasteiger charge is -2.49. The quantitative estimate of drug-likeness (QED) is 0.697. The number of nitrogens with one attached hydrogen (secondary N) is 1. The first-order valence-electron chi connectivity index (χ1n) is 10.9. The highest BCUT2D eigenvalue weighted by atomic mass is 32.2. The van der Waals surface area contributed by atoms with Gasteiger partial charge in [-0.1, -0.05) is 41.0 Å². The molecule has 2 saturated heterocycles. The first-order valence-corrected chi connectivity index (χ1v) is 11.9. The van der Waals surface area contributed by atoms with Gasteiger partial charge < -0.3 is 5.32 Å². The van der Waals surface area contributed by atoms with E-state index in [1.165, 1.54) is 38.5 Å². The van der Waals surface area contributed by atoms with Crippen LogP contribution in [0.1, 0.15) is 73.1 Å². The van der Waals surface area contributed by atoms with Crippen LogP contribution in [0, 0.1) is 41.4 Å². The maximum absolute atomic E-state index is 4.16. The summed E-state index contributed by atoms with van der Waals surface area (Å²) in [6.45, 7) is 12.6. The smallest absolute Gasteiger partial charge is 0.0129 e. The summed E-state index contributed by atoms with van der Waals surface area (Å²) in [5.41, 5.74) is 0. The molecular weight excluding hydrogens is 310 g/mol. The summed E-state index contributed by atoms with van der Waals surface area (Å²) in [4.78, 5) is 0. The monoisotopic (exact) mass is 349 g/mol. The van der Waals surface area contributed by atoms with Crippen molar-refractivity contribution in [2.24, 2.45) is 41.4 Å². The molecule has 11 unspecified atom stereocenters. The fourth-order valence-corrected chi connectivity index (χ4v) is 9.50. The fourth-order valence-electron chi connectivity index (χ4n) is 7.27. The van der Waals surface area contributed by atoms with Gasteiger partial charge in [0, 0.05) is 22.6 Å². The zero-order valence-corrected chi connectivity index (χ0v) is 17.3. The van der Waals surface area contributed by atoms with Gasteiger partial charge in [0.05, 0.1) is 0 Å². The highest BCUT2D eigenvalue weighted by Gasteiger charge is 2.57. The zero-order chi connectivity index (χ0) is 17.0. The van der Waals surface area contributed by atoms with Crippen molar-refractivity contribution in [1.29, 1.82) is 0 Å². The predicted molar refractivity (Wildman–Crippen MR) is 106 cm³/mol. The summed E-state index contributed by atoms with van der Waals surface area (Å²) in [7, 11) is 0. The van der Waals surface area contributed by atoms with Crippen LogP contribution in [0.3, 0.4) is 0 Å².